The lowest BCUT2D eigenvalue weighted by Gasteiger charge is -2.29. The monoisotopic (exact) mass is 612 g/mol. The third-order valence-corrected chi connectivity index (χ3v) is 6.40. The molecule has 1 heterocycles. The van der Waals surface area contributed by atoms with Crippen LogP contribution in [0.2, 0.25) is 0 Å². The number of halogens is 2. The maximum atomic E-state index is 12.0. The van der Waals surface area contributed by atoms with Crippen LogP contribution in [0.25, 0.3) is 0 Å². The van der Waals surface area contributed by atoms with Gasteiger partial charge in [0.2, 0.25) is 5.91 Å². The minimum atomic E-state index is -0.574. The van der Waals surface area contributed by atoms with Gasteiger partial charge in [-0.2, -0.15) is 0 Å². The summed E-state index contributed by atoms with van der Waals surface area (Å²) in [5.41, 5.74) is 13.0. The molecular formula is C29H46ClFN6O3S. The van der Waals surface area contributed by atoms with E-state index in [1.54, 1.807) is 25.1 Å². The molecule has 9 nitrogen and oxygen atoms in total. The Labute approximate surface area is 255 Å². The highest BCUT2D eigenvalue weighted by Crippen LogP contribution is 2.25. The van der Waals surface area contributed by atoms with Gasteiger partial charge >= 0.3 is 0 Å². The van der Waals surface area contributed by atoms with E-state index in [0.717, 1.165) is 56.5 Å². The van der Waals surface area contributed by atoms with E-state index >= 15 is 0 Å². The first-order chi connectivity index (χ1) is 19.2. The predicted molar refractivity (Wildman–Crippen MR) is 170 cm³/mol. The lowest BCUT2D eigenvalue weighted by atomic mass is 9.85. The van der Waals surface area contributed by atoms with E-state index in [1.807, 2.05) is 33.0 Å². The van der Waals surface area contributed by atoms with Gasteiger partial charge in [-0.05, 0) is 66.0 Å². The molecule has 0 aromatic rings. The number of carbonyl (C=O) groups is 3. The highest BCUT2D eigenvalue weighted by molar-refractivity contribution is 7.82. The van der Waals surface area contributed by atoms with Crippen molar-refractivity contribution in [2.45, 2.75) is 58.9 Å². The third kappa shape index (κ3) is 18.7. The van der Waals surface area contributed by atoms with Crippen molar-refractivity contribution in [1.82, 2.24) is 20.4 Å². The average molecular weight is 613 g/mol. The molecule has 1 aliphatic heterocycles. The molecule has 0 saturated heterocycles. The van der Waals surface area contributed by atoms with Gasteiger partial charge in [0.05, 0.1) is 5.70 Å². The fraction of sp³-hybridized carbons (Fsp3) is 0.517. The molecule has 6 N–H and O–H groups in total. The standard InChI is InChI=1S/C16H27N3O2.C8H13N3OS.C3H4ClF.C2H2/c1-5-11(2)10-14(17)15(20)18-13-8-6-12(7-9-13)16(21)19(3)4;1-11-4-2-6(3-5-11)10-8(13)7(9)12;1-3(4)2-5;1-2/h5,10,12-13H,6-9,17H2,1-4H3,(H,18,20);2H,3-5H2,1H3,(H2,9,12)(H,10,13);2H,1H3;1-2H/b11-5+,14-10-;;3-2-;. The largest absolute Gasteiger partial charge is 0.394 e. The Bertz CT molecular complexity index is 1010. The Balaban J connectivity index is 0. The first-order valence-electron chi connectivity index (χ1n) is 13.1. The smallest absolute Gasteiger partial charge is 0.276 e. The topological polar surface area (TPSA) is 134 Å². The number of terminal acetylenes is 1. The number of nitrogens with two attached hydrogens (primary N) is 2. The summed E-state index contributed by atoms with van der Waals surface area (Å²) in [6.45, 7) is 7.13. The van der Waals surface area contributed by atoms with E-state index in [2.05, 4.69) is 28.4 Å². The number of likely N-dealkylation sites (N-methyl/N-ethyl adjacent to an activating group) is 1. The van der Waals surface area contributed by atoms with E-state index in [4.69, 9.17) is 35.3 Å². The number of hydrogen-bond acceptors (Lipinski definition) is 6. The summed E-state index contributed by atoms with van der Waals surface area (Å²) in [7, 11) is 5.61. The predicted octanol–water partition coefficient (Wildman–Crippen LogP) is 3.47. The van der Waals surface area contributed by atoms with Crippen LogP contribution in [0.5, 0.6) is 0 Å². The minimum Gasteiger partial charge on any atom is -0.394 e. The number of carbonyl (C=O) groups excluding carboxylic acids is 3. The number of hydrogen-bond donors (Lipinski definition) is 4. The number of amides is 3. The van der Waals surface area contributed by atoms with Crippen LogP contribution in [0.1, 0.15) is 52.9 Å². The SMILES string of the molecule is C#C.C/C(Cl)=C/F.C/C=C(C)/C=C(\N)C(=O)NC1CCC(C(=O)N(C)C)CC1.CN1CC=C(NC(=S)C(N)=O)CC1. The molecule has 0 unspecified atom stereocenters. The van der Waals surface area contributed by atoms with Crippen LogP contribution in [-0.4, -0.2) is 72.8 Å². The zero-order valence-corrected chi connectivity index (χ0v) is 26.6. The fourth-order valence-corrected chi connectivity index (χ4v) is 3.74. The molecule has 1 aliphatic carbocycles. The summed E-state index contributed by atoms with van der Waals surface area (Å²) < 4.78 is 10.8. The van der Waals surface area contributed by atoms with Gasteiger partial charge in [0, 0.05) is 49.9 Å². The molecule has 2 aliphatic rings. The molecule has 41 heavy (non-hydrogen) atoms. The first kappa shape index (κ1) is 39.9. The molecule has 0 spiro atoms. The number of nitrogens with zero attached hydrogens (tertiary/aromatic N) is 2. The second-order valence-electron chi connectivity index (χ2n) is 9.64. The molecule has 2 rings (SSSR count). The highest BCUT2D eigenvalue weighted by atomic mass is 35.5. The summed E-state index contributed by atoms with van der Waals surface area (Å²) in [5, 5.41) is 5.97. The van der Waals surface area contributed by atoms with Crippen LogP contribution in [0.15, 0.2) is 46.6 Å². The Morgan fingerprint density at radius 2 is 1.71 bits per heavy atom. The van der Waals surface area contributed by atoms with E-state index in [9.17, 15) is 18.8 Å². The molecular weight excluding hydrogens is 567 g/mol. The molecule has 1 fully saturated rings. The van der Waals surface area contributed by atoms with Crippen molar-refractivity contribution in [2.24, 2.45) is 17.4 Å². The summed E-state index contributed by atoms with van der Waals surface area (Å²) >= 11 is 9.70. The maximum Gasteiger partial charge on any atom is 0.276 e. The van der Waals surface area contributed by atoms with Gasteiger partial charge in [0.25, 0.3) is 11.8 Å². The summed E-state index contributed by atoms with van der Waals surface area (Å²) in [4.78, 5) is 38.4. The molecule has 0 bridgehead atoms. The van der Waals surface area contributed by atoms with Crippen molar-refractivity contribution in [3.8, 4) is 12.8 Å². The van der Waals surface area contributed by atoms with Crippen LogP contribution in [0, 0.1) is 18.8 Å². The number of thiocarbonyl (C=S) groups is 1. The fourth-order valence-electron chi connectivity index (χ4n) is 3.60. The van der Waals surface area contributed by atoms with Crippen molar-refractivity contribution in [2.75, 3.05) is 34.2 Å². The maximum absolute atomic E-state index is 12.0. The average Bonchev–Trinajstić information content (AvgIpc) is 2.95. The Morgan fingerprint density at radius 3 is 2.10 bits per heavy atom. The van der Waals surface area contributed by atoms with Gasteiger partial charge in [-0.25, -0.2) is 4.39 Å². The van der Waals surface area contributed by atoms with E-state index in [0.29, 0.717) is 6.33 Å². The molecule has 0 aromatic carbocycles. The lowest BCUT2D eigenvalue weighted by molar-refractivity contribution is -0.134. The van der Waals surface area contributed by atoms with Crippen LogP contribution in [-0.2, 0) is 14.4 Å². The van der Waals surface area contributed by atoms with Gasteiger partial charge in [-0.1, -0.05) is 41.5 Å². The number of primary amides is 1. The number of rotatable bonds is 5. The van der Waals surface area contributed by atoms with Crippen LogP contribution >= 0.6 is 23.8 Å². The van der Waals surface area contributed by atoms with Crippen LogP contribution in [0.4, 0.5) is 4.39 Å². The molecule has 230 valence electrons. The minimum absolute atomic E-state index is 0.0892. The summed E-state index contributed by atoms with van der Waals surface area (Å²) in [6.07, 6.45) is 18.1. The molecule has 12 heteroatoms. The zero-order chi connectivity index (χ0) is 32.1. The van der Waals surface area contributed by atoms with E-state index in [-0.39, 0.29) is 39.5 Å². The Morgan fingerprint density at radius 1 is 1.17 bits per heavy atom. The summed E-state index contributed by atoms with van der Waals surface area (Å²) in [5.74, 6) is -0.525. The van der Waals surface area contributed by atoms with Crippen LogP contribution in [0.3, 0.4) is 0 Å². The van der Waals surface area contributed by atoms with E-state index in [1.165, 1.54) is 6.92 Å². The van der Waals surface area contributed by atoms with Gasteiger partial charge < -0.3 is 31.9 Å². The van der Waals surface area contributed by atoms with Crippen molar-refractivity contribution in [3.05, 3.63) is 46.6 Å². The van der Waals surface area contributed by atoms with Gasteiger partial charge in [-0.15, -0.1) is 12.8 Å². The van der Waals surface area contributed by atoms with Crippen molar-refractivity contribution >= 4 is 46.5 Å². The van der Waals surface area contributed by atoms with Gasteiger partial charge in [0.1, 0.15) is 6.33 Å². The molecule has 3 amide bonds. The Hall–Kier alpha value is -3.20. The summed E-state index contributed by atoms with van der Waals surface area (Å²) in [6, 6.07) is 0.113. The van der Waals surface area contributed by atoms with Crippen molar-refractivity contribution in [1.29, 1.82) is 0 Å². The Kier molecular flexibility index (Phi) is 21.9. The number of allylic oxidation sites excluding steroid dienone is 4. The second-order valence-corrected chi connectivity index (χ2v) is 10.6. The number of nitrogens with one attached hydrogen (secondary N) is 2. The van der Waals surface area contributed by atoms with Crippen molar-refractivity contribution < 1.29 is 18.8 Å². The third-order valence-electron chi connectivity index (χ3n) is 6.01. The zero-order valence-electron chi connectivity index (χ0n) is 25.0. The van der Waals surface area contributed by atoms with E-state index < -0.39 is 5.91 Å². The quantitative estimate of drug-likeness (QED) is 0.162. The second kappa shape index (κ2) is 22.5. The van der Waals surface area contributed by atoms with Crippen LogP contribution < -0.4 is 22.1 Å². The van der Waals surface area contributed by atoms with Gasteiger partial charge in [0.15, 0.2) is 4.99 Å². The van der Waals surface area contributed by atoms with Gasteiger partial charge in [-0.3, -0.25) is 14.4 Å². The molecule has 0 radical (unpaired) electrons. The molecule has 0 atom stereocenters. The molecule has 0 aromatic heterocycles. The molecule has 1 saturated carbocycles. The first-order valence-corrected chi connectivity index (χ1v) is 13.9. The van der Waals surface area contributed by atoms with Crippen molar-refractivity contribution in [3.63, 3.8) is 0 Å². The lowest BCUT2D eigenvalue weighted by Crippen LogP contribution is -2.42. The highest BCUT2D eigenvalue weighted by Gasteiger charge is 2.28. The normalized spacial score (nSPS) is 19.3.